The lowest BCUT2D eigenvalue weighted by Gasteiger charge is -2.21. The molecule has 18 heteroatoms. The SMILES string of the molecule is COc1cc(-c2ccc(O)cc2)c(O)c(-c2ccc(O)cc2)c1-c1ccc(O)cc1.COc1cc(-c2ccccc2O)c(O)c(-c2ccccc2O)c1-c1ccccc1O.Cc1ccc(O)cc1.Cc1ccc(O)cc1.Cc1ccccc1O.Cc1ccccc1O.Oc1ccc(O)cc1.Oc1ccc(O)cc1. The van der Waals surface area contributed by atoms with E-state index in [1.165, 1.54) is 85.0 Å². The molecule has 0 aliphatic carbocycles. The molecule has 0 radical (unpaired) electrons. The van der Waals surface area contributed by atoms with Gasteiger partial charge >= 0.3 is 0 Å². The normalized spacial score (nSPS) is 9.98. The second-order valence-electron chi connectivity index (χ2n) is 23.9. The second-order valence-corrected chi connectivity index (χ2v) is 23.9. The molecule has 108 heavy (non-hydrogen) atoms. The van der Waals surface area contributed by atoms with E-state index < -0.39 is 0 Å². The fraction of sp³-hybridized carbons (Fsp3) is 0.0667. The Kier molecular flexibility index (Phi) is 29.8. The van der Waals surface area contributed by atoms with Crippen molar-refractivity contribution < 1.29 is 91.2 Å². The fourth-order valence-corrected chi connectivity index (χ4v) is 10.2. The highest BCUT2D eigenvalue weighted by Crippen LogP contribution is 2.54. The van der Waals surface area contributed by atoms with Crippen LogP contribution in [-0.2, 0) is 0 Å². The largest absolute Gasteiger partial charge is 0.508 e. The minimum absolute atomic E-state index is 0.00202. The maximum absolute atomic E-state index is 11.3. The highest BCUT2D eigenvalue weighted by atomic mass is 16.5. The van der Waals surface area contributed by atoms with Crippen LogP contribution in [0.4, 0.5) is 0 Å². The van der Waals surface area contributed by atoms with Crippen LogP contribution in [0.5, 0.6) is 103 Å². The zero-order chi connectivity index (χ0) is 78.4. The molecule has 0 saturated heterocycles. The van der Waals surface area contributed by atoms with Crippen molar-refractivity contribution in [1.82, 2.24) is 0 Å². The molecule has 0 unspecified atom stereocenters. The average molecular weight is 1450 g/mol. The lowest BCUT2D eigenvalue weighted by Crippen LogP contribution is -1.96. The Balaban J connectivity index is 0.000000189. The van der Waals surface area contributed by atoms with Gasteiger partial charge in [-0.15, -0.1) is 0 Å². The van der Waals surface area contributed by atoms with Crippen LogP contribution in [0.15, 0.2) is 303 Å². The maximum Gasteiger partial charge on any atom is 0.132 e. The van der Waals surface area contributed by atoms with E-state index in [1.807, 2.05) is 88.4 Å². The zero-order valence-corrected chi connectivity index (χ0v) is 59.8. The number of aromatic hydroxyl groups is 16. The standard InChI is InChI=1S/2C25H20O5.4C7H8O.2C6H6O2/c1-30-22-14-21(15-2-8-18(26)9-3-15)25(29)24(17-6-12-20(28)13-7-17)23(22)16-4-10-19(27)11-5-16;1-30-22-14-18(15-8-2-5-11-19(15)26)25(29)24(17-10-4-7-13-21(17)28)23(22)16-9-3-6-12-20(16)27;2*1-6-2-4-7(8)5-3-6;2*1-6-4-2-3-5-7(6)8;2*7-5-1-2-6(8)4-3-5/h2*2-14,26-29H,1H3;4*2-5,8H,1H3;2*1-4,7-8H. The van der Waals surface area contributed by atoms with Gasteiger partial charge in [-0.25, -0.2) is 0 Å². The predicted octanol–water partition coefficient (Wildman–Crippen LogP) is 20.0. The molecule has 0 amide bonds. The number of aryl methyl sites for hydroxylation is 4. The van der Waals surface area contributed by atoms with Gasteiger partial charge < -0.3 is 91.2 Å². The summed E-state index contributed by atoms with van der Waals surface area (Å²) in [7, 11) is 3.04. The molecule has 0 aliphatic rings. The van der Waals surface area contributed by atoms with Gasteiger partial charge in [0.05, 0.1) is 14.2 Å². The minimum Gasteiger partial charge on any atom is -0.508 e. The Morgan fingerprint density at radius 3 is 0.731 bits per heavy atom. The van der Waals surface area contributed by atoms with E-state index in [2.05, 4.69) is 0 Å². The molecule has 552 valence electrons. The van der Waals surface area contributed by atoms with Gasteiger partial charge in [-0.2, -0.15) is 0 Å². The van der Waals surface area contributed by atoms with Crippen molar-refractivity contribution in [2.24, 2.45) is 0 Å². The van der Waals surface area contributed by atoms with Crippen LogP contribution in [0.1, 0.15) is 22.3 Å². The van der Waals surface area contributed by atoms with Gasteiger partial charge in [0.2, 0.25) is 0 Å². The van der Waals surface area contributed by atoms with Gasteiger partial charge in [0.1, 0.15) is 103 Å². The van der Waals surface area contributed by atoms with Crippen LogP contribution < -0.4 is 9.47 Å². The molecule has 18 nitrogen and oxygen atoms in total. The highest BCUT2D eigenvalue weighted by Gasteiger charge is 2.27. The summed E-state index contributed by atoms with van der Waals surface area (Å²) in [4.78, 5) is 0. The first-order chi connectivity index (χ1) is 51.8. The quantitative estimate of drug-likeness (QED) is 0.0628. The summed E-state index contributed by atoms with van der Waals surface area (Å²) >= 11 is 0. The molecule has 0 aliphatic heterocycles. The van der Waals surface area contributed by atoms with Crippen molar-refractivity contribution in [2.75, 3.05) is 14.2 Å². The zero-order valence-electron chi connectivity index (χ0n) is 59.8. The van der Waals surface area contributed by atoms with Gasteiger partial charge in [0, 0.05) is 50.1 Å². The summed E-state index contributed by atoms with van der Waals surface area (Å²) in [5.74, 6) is 3.19. The molecule has 0 fully saturated rings. The molecule has 0 aromatic heterocycles. The maximum atomic E-state index is 11.3. The molecule has 0 atom stereocenters. The molecule has 14 aromatic rings. The lowest BCUT2D eigenvalue weighted by molar-refractivity contribution is 0.414. The summed E-state index contributed by atoms with van der Waals surface area (Å²) in [6, 6.07) is 83.1. The Hall–Kier alpha value is -14.5. The lowest BCUT2D eigenvalue weighted by atomic mass is 9.88. The van der Waals surface area contributed by atoms with Crippen LogP contribution in [0, 0.1) is 27.7 Å². The van der Waals surface area contributed by atoms with E-state index in [0.29, 0.717) is 90.1 Å². The molecular weight excluding hydrogens is 1370 g/mol. The highest BCUT2D eigenvalue weighted by molar-refractivity contribution is 6.00. The van der Waals surface area contributed by atoms with Gasteiger partial charge in [-0.1, -0.05) is 163 Å². The van der Waals surface area contributed by atoms with Gasteiger partial charge in [-0.3, -0.25) is 0 Å². The molecule has 0 spiro atoms. The first kappa shape index (κ1) is 80.8. The van der Waals surface area contributed by atoms with E-state index in [1.54, 1.807) is 183 Å². The Bertz CT molecular complexity index is 4780. The summed E-state index contributed by atoms with van der Waals surface area (Å²) in [5, 5.41) is 153. The van der Waals surface area contributed by atoms with Crippen LogP contribution in [0.2, 0.25) is 0 Å². The number of hydrogen-bond acceptors (Lipinski definition) is 18. The number of phenolic OH excluding ortho intramolecular Hbond substituents is 16. The average Bonchev–Trinajstić information content (AvgIpc) is 0.755. The van der Waals surface area contributed by atoms with Crippen LogP contribution >= 0.6 is 0 Å². The van der Waals surface area contributed by atoms with Crippen molar-refractivity contribution in [3.8, 4) is 170 Å². The third kappa shape index (κ3) is 23.5. The Morgan fingerprint density at radius 1 is 0.194 bits per heavy atom. The number of methoxy groups -OCH3 is 2. The predicted molar refractivity (Wildman–Crippen MR) is 423 cm³/mol. The summed E-state index contributed by atoms with van der Waals surface area (Å²) in [6.07, 6.45) is 0. The third-order valence-corrected chi connectivity index (χ3v) is 16.0. The molecule has 0 saturated carbocycles. The number of benzene rings is 14. The first-order valence-corrected chi connectivity index (χ1v) is 33.3. The first-order valence-electron chi connectivity index (χ1n) is 33.3. The van der Waals surface area contributed by atoms with Crippen LogP contribution in [-0.4, -0.2) is 95.9 Å². The number of ether oxygens (including phenoxy) is 2. The fourth-order valence-electron chi connectivity index (χ4n) is 10.2. The van der Waals surface area contributed by atoms with Crippen molar-refractivity contribution in [3.05, 3.63) is 326 Å². The summed E-state index contributed by atoms with van der Waals surface area (Å²) < 4.78 is 11.3. The third-order valence-electron chi connectivity index (χ3n) is 16.0. The van der Waals surface area contributed by atoms with Gasteiger partial charge in [-0.05, 0) is 207 Å². The van der Waals surface area contributed by atoms with E-state index in [4.69, 9.17) is 50.3 Å². The smallest absolute Gasteiger partial charge is 0.132 e. The monoisotopic (exact) mass is 1450 g/mol. The molecule has 0 bridgehead atoms. The van der Waals surface area contributed by atoms with E-state index in [9.17, 15) is 40.9 Å². The summed E-state index contributed by atoms with van der Waals surface area (Å²) in [5.41, 5.74) is 10.3. The van der Waals surface area contributed by atoms with Crippen molar-refractivity contribution in [3.63, 3.8) is 0 Å². The Morgan fingerprint density at radius 2 is 0.435 bits per heavy atom. The molecule has 14 rings (SSSR count). The van der Waals surface area contributed by atoms with E-state index in [-0.39, 0.29) is 74.6 Å². The second kappa shape index (κ2) is 39.8. The van der Waals surface area contributed by atoms with Crippen molar-refractivity contribution >= 4 is 0 Å². The molecule has 14 aromatic carbocycles. The van der Waals surface area contributed by atoms with E-state index >= 15 is 0 Å². The number of rotatable bonds is 8. The van der Waals surface area contributed by atoms with Crippen LogP contribution in [0.3, 0.4) is 0 Å². The molecular formula is C90H84O18. The molecule has 16 N–H and O–H groups in total. The minimum atomic E-state index is -0.156. The van der Waals surface area contributed by atoms with Gasteiger partial charge in [0.25, 0.3) is 0 Å². The van der Waals surface area contributed by atoms with Crippen molar-refractivity contribution in [1.29, 1.82) is 0 Å². The van der Waals surface area contributed by atoms with E-state index in [0.717, 1.165) is 16.7 Å². The topological polar surface area (TPSA) is 342 Å². The van der Waals surface area contributed by atoms with Crippen LogP contribution in [0.25, 0.3) is 66.8 Å². The Labute approximate surface area is 625 Å². The molecule has 0 heterocycles. The number of para-hydroxylation sites is 5. The van der Waals surface area contributed by atoms with Gasteiger partial charge in [0.15, 0.2) is 0 Å². The number of phenols is 16. The number of hydrogen-bond donors (Lipinski definition) is 16. The van der Waals surface area contributed by atoms with Crippen molar-refractivity contribution in [2.45, 2.75) is 27.7 Å². The summed E-state index contributed by atoms with van der Waals surface area (Å²) in [6.45, 7) is 7.71.